The number of anilines is 1. The highest BCUT2D eigenvalue weighted by Crippen LogP contribution is 2.43. The van der Waals surface area contributed by atoms with Gasteiger partial charge < -0.3 is 5.11 Å². The van der Waals surface area contributed by atoms with Crippen LogP contribution in [0.4, 0.5) is 5.69 Å². The van der Waals surface area contributed by atoms with E-state index < -0.39 is 17.7 Å². The van der Waals surface area contributed by atoms with E-state index in [1.165, 1.54) is 4.90 Å². The number of aliphatic hydroxyl groups excluding tert-OH is 1. The molecule has 0 spiro atoms. The minimum atomic E-state index is -0.784. The van der Waals surface area contributed by atoms with Gasteiger partial charge in [-0.15, -0.1) is 0 Å². The first-order valence-corrected chi connectivity index (χ1v) is 10.5. The molecule has 1 atom stereocenters. The van der Waals surface area contributed by atoms with Gasteiger partial charge in [-0.05, 0) is 34.5 Å². The molecule has 5 rings (SSSR count). The molecule has 4 aromatic rings. The molecule has 1 aliphatic rings. The predicted molar refractivity (Wildman–Crippen MR) is 127 cm³/mol. The lowest BCUT2D eigenvalue weighted by Crippen LogP contribution is -2.29. The molecular weight excluding hydrogens is 422 g/mol. The van der Waals surface area contributed by atoms with Crippen molar-refractivity contribution in [1.29, 1.82) is 0 Å². The normalized spacial score (nSPS) is 17.8. The van der Waals surface area contributed by atoms with Crippen LogP contribution in [0.15, 0.2) is 103 Å². The van der Waals surface area contributed by atoms with Crippen LogP contribution in [0.25, 0.3) is 16.5 Å². The molecule has 0 bridgehead atoms. The monoisotopic (exact) mass is 439 g/mol. The smallest absolute Gasteiger partial charge is 0.300 e. The zero-order valence-electron chi connectivity index (χ0n) is 16.9. The Balaban J connectivity index is 1.78. The Labute approximate surface area is 190 Å². The Morgan fingerprint density at radius 2 is 1.50 bits per heavy atom. The summed E-state index contributed by atoms with van der Waals surface area (Å²) in [6.45, 7) is 0. The number of halogens is 1. The highest BCUT2D eigenvalue weighted by atomic mass is 35.5. The van der Waals surface area contributed by atoms with Gasteiger partial charge in [0.15, 0.2) is 0 Å². The Kier molecular flexibility index (Phi) is 5.00. The van der Waals surface area contributed by atoms with Crippen LogP contribution in [0.5, 0.6) is 0 Å². The minimum absolute atomic E-state index is 0.0533. The Hall–Kier alpha value is -3.89. The molecule has 0 aliphatic carbocycles. The zero-order valence-corrected chi connectivity index (χ0v) is 17.7. The molecule has 0 saturated carbocycles. The van der Waals surface area contributed by atoms with Crippen molar-refractivity contribution < 1.29 is 14.7 Å². The number of aliphatic hydroxyl groups is 1. The standard InChI is InChI=1S/C27H18ClNO3/c28-19-12-7-13-20(16-19)29-24(18-9-2-1-3-10-18)23(26(31)27(29)32)25(30)22-15-6-11-17-8-4-5-14-21(17)22/h1-16,24,30H/b25-23-. The number of fused-ring (bicyclic) bond motifs is 1. The summed E-state index contributed by atoms with van der Waals surface area (Å²) in [6.07, 6.45) is 0. The van der Waals surface area contributed by atoms with E-state index in [-0.39, 0.29) is 11.3 Å². The SMILES string of the molecule is O=C1C(=O)N(c2cccc(Cl)c2)C(c2ccccc2)/C1=C(/O)c1cccc2ccccc12. The van der Waals surface area contributed by atoms with Crippen molar-refractivity contribution in [2.45, 2.75) is 6.04 Å². The molecule has 1 saturated heterocycles. The van der Waals surface area contributed by atoms with Crippen molar-refractivity contribution in [2.75, 3.05) is 4.90 Å². The lowest BCUT2D eigenvalue weighted by molar-refractivity contribution is -0.132. The van der Waals surface area contributed by atoms with Crippen LogP contribution in [-0.2, 0) is 9.59 Å². The van der Waals surface area contributed by atoms with Crippen molar-refractivity contribution in [3.63, 3.8) is 0 Å². The van der Waals surface area contributed by atoms with Gasteiger partial charge in [0.1, 0.15) is 5.76 Å². The Bertz CT molecular complexity index is 1390. The number of nitrogens with zero attached hydrogens (tertiary/aromatic N) is 1. The third-order valence-corrected chi connectivity index (χ3v) is 5.93. The molecule has 1 heterocycles. The average molecular weight is 440 g/mol. The topological polar surface area (TPSA) is 57.6 Å². The summed E-state index contributed by atoms with van der Waals surface area (Å²) < 4.78 is 0. The number of carbonyl (C=O) groups excluding carboxylic acids is 2. The molecular formula is C27H18ClNO3. The Morgan fingerprint density at radius 3 is 2.28 bits per heavy atom. The van der Waals surface area contributed by atoms with E-state index in [4.69, 9.17) is 11.6 Å². The van der Waals surface area contributed by atoms with E-state index in [9.17, 15) is 14.7 Å². The fourth-order valence-electron chi connectivity index (χ4n) is 4.25. The van der Waals surface area contributed by atoms with Gasteiger partial charge >= 0.3 is 0 Å². The van der Waals surface area contributed by atoms with Crippen LogP contribution in [-0.4, -0.2) is 16.8 Å². The van der Waals surface area contributed by atoms with E-state index in [0.717, 1.165) is 10.8 Å². The third kappa shape index (κ3) is 3.26. The molecule has 1 aliphatic heterocycles. The second-order valence-corrected chi connectivity index (χ2v) is 8.02. The lowest BCUT2D eigenvalue weighted by Gasteiger charge is -2.25. The summed E-state index contributed by atoms with van der Waals surface area (Å²) in [6, 6.07) is 28.3. The van der Waals surface area contributed by atoms with E-state index in [0.29, 0.717) is 21.8 Å². The molecule has 1 fully saturated rings. The van der Waals surface area contributed by atoms with Crippen molar-refractivity contribution >= 4 is 45.5 Å². The number of Topliss-reactive ketones (excluding diaryl/α,β-unsaturated/α-hetero) is 1. The molecule has 1 unspecified atom stereocenters. The van der Waals surface area contributed by atoms with E-state index in [1.54, 1.807) is 30.3 Å². The fourth-order valence-corrected chi connectivity index (χ4v) is 4.44. The number of rotatable bonds is 3. The quantitative estimate of drug-likeness (QED) is 0.238. The average Bonchev–Trinajstić information content (AvgIpc) is 3.09. The summed E-state index contributed by atoms with van der Waals surface area (Å²) >= 11 is 6.18. The summed E-state index contributed by atoms with van der Waals surface area (Å²) in [5, 5.41) is 13.6. The van der Waals surface area contributed by atoms with E-state index >= 15 is 0 Å². The molecule has 32 heavy (non-hydrogen) atoms. The molecule has 5 heteroatoms. The second-order valence-electron chi connectivity index (χ2n) is 7.59. The zero-order chi connectivity index (χ0) is 22.2. The van der Waals surface area contributed by atoms with Gasteiger partial charge in [-0.3, -0.25) is 14.5 Å². The maximum Gasteiger partial charge on any atom is 0.300 e. The minimum Gasteiger partial charge on any atom is -0.507 e. The predicted octanol–water partition coefficient (Wildman–Crippen LogP) is 6.12. The second kappa shape index (κ2) is 7.98. The third-order valence-electron chi connectivity index (χ3n) is 5.69. The molecule has 1 amide bonds. The maximum absolute atomic E-state index is 13.3. The molecule has 0 aromatic heterocycles. The van der Waals surface area contributed by atoms with Gasteiger partial charge in [0, 0.05) is 16.3 Å². The highest BCUT2D eigenvalue weighted by molar-refractivity contribution is 6.52. The number of amides is 1. The first-order valence-electron chi connectivity index (χ1n) is 10.2. The number of benzene rings is 4. The van der Waals surface area contributed by atoms with Gasteiger partial charge in [0.25, 0.3) is 11.7 Å². The van der Waals surface area contributed by atoms with Gasteiger partial charge in [-0.2, -0.15) is 0 Å². The van der Waals surface area contributed by atoms with Crippen molar-refractivity contribution in [2.24, 2.45) is 0 Å². The van der Waals surface area contributed by atoms with Gasteiger partial charge in [-0.25, -0.2) is 0 Å². The Morgan fingerprint density at radius 1 is 0.812 bits per heavy atom. The van der Waals surface area contributed by atoms with Crippen LogP contribution in [0.2, 0.25) is 5.02 Å². The summed E-state index contributed by atoms with van der Waals surface area (Å²) in [7, 11) is 0. The molecule has 156 valence electrons. The summed E-state index contributed by atoms with van der Waals surface area (Å²) in [5.74, 6) is -1.63. The summed E-state index contributed by atoms with van der Waals surface area (Å²) in [5.41, 5.74) is 1.77. The maximum atomic E-state index is 13.3. The number of carbonyl (C=O) groups is 2. The summed E-state index contributed by atoms with van der Waals surface area (Å²) in [4.78, 5) is 27.9. The van der Waals surface area contributed by atoms with E-state index in [2.05, 4.69) is 0 Å². The van der Waals surface area contributed by atoms with Crippen LogP contribution in [0.1, 0.15) is 17.2 Å². The van der Waals surface area contributed by atoms with Gasteiger partial charge in [0.05, 0.1) is 11.6 Å². The van der Waals surface area contributed by atoms with Crippen LogP contribution in [0, 0.1) is 0 Å². The van der Waals surface area contributed by atoms with Crippen LogP contribution < -0.4 is 4.90 Å². The largest absolute Gasteiger partial charge is 0.507 e. The molecule has 4 aromatic carbocycles. The van der Waals surface area contributed by atoms with Gasteiger partial charge in [-0.1, -0.05) is 90.5 Å². The fraction of sp³-hybridized carbons (Fsp3) is 0.0370. The van der Waals surface area contributed by atoms with Crippen LogP contribution in [0.3, 0.4) is 0 Å². The van der Waals surface area contributed by atoms with Crippen molar-refractivity contribution in [3.8, 4) is 0 Å². The lowest BCUT2D eigenvalue weighted by atomic mass is 9.93. The highest BCUT2D eigenvalue weighted by Gasteiger charge is 2.47. The molecule has 1 N–H and O–H groups in total. The van der Waals surface area contributed by atoms with Crippen molar-refractivity contribution in [3.05, 3.63) is 119 Å². The van der Waals surface area contributed by atoms with Crippen LogP contribution >= 0.6 is 11.6 Å². The first kappa shape index (κ1) is 20.0. The van der Waals surface area contributed by atoms with Crippen molar-refractivity contribution in [1.82, 2.24) is 0 Å². The number of hydrogen-bond acceptors (Lipinski definition) is 3. The van der Waals surface area contributed by atoms with E-state index in [1.807, 2.05) is 66.7 Å². The number of ketones is 1. The molecule has 4 nitrogen and oxygen atoms in total. The van der Waals surface area contributed by atoms with Gasteiger partial charge in [0.2, 0.25) is 0 Å². The molecule has 0 radical (unpaired) electrons. The first-order chi connectivity index (χ1) is 15.6. The number of hydrogen-bond donors (Lipinski definition) is 1.